The second-order valence-electron chi connectivity index (χ2n) is 4.52. The Morgan fingerprint density at radius 1 is 1.15 bits per heavy atom. The molecule has 5 nitrogen and oxygen atoms in total. The highest BCUT2D eigenvalue weighted by atomic mass is 16.5. The number of carboxylic acid groups (broad SMARTS) is 1. The van der Waals surface area contributed by atoms with Crippen LogP contribution in [0.3, 0.4) is 0 Å². The van der Waals surface area contributed by atoms with E-state index in [2.05, 4.69) is 5.32 Å². The topological polar surface area (TPSA) is 75.6 Å². The van der Waals surface area contributed by atoms with E-state index >= 15 is 0 Å². The molecule has 5 heteroatoms. The SMILES string of the molecule is CCCOc1ccc(NC(=O)CCCCC(=O)O)cc1. The van der Waals surface area contributed by atoms with Crippen molar-refractivity contribution in [2.75, 3.05) is 11.9 Å². The Morgan fingerprint density at radius 3 is 2.40 bits per heavy atom. The van der Waals surface area contributed by atoms with Crippen LogP contribution in [-0.4, -0.2) is 23.6 Å². The van der Waals surface area contributed by atoms with Crippen LogP contribution in [0, 0.1) is 0 Å². The molecule has 20 heavy (non-hydrogen) atoms. The zero-order valence-electron chi connectivity index (χ0n) is 11.7. The van der Waals surface area contributed by atoms with Gasteiger partial charge in [0.05, 0.1) is 6.61 Å². The number of hydrogen-bond donors (Lipinski definition) is 2. The van der Waals surface area contributed by atoms with E-state index in [-0.39, 0.29) is 12.3 Å². The lowest BCUT2D eigenvalue weighted by Gasteiger charge is -2.07. The number of benzene rings is 1. The first-order valence-corrected chi connectivity index (χ1v) is 6.86. The first kappa shape index (κ1) is 16.0. The molecule has 0 aliphatic carbocycles. The zero-order valence-corrected chi connectivity index (χ0v) is 11.7. The minimum absolute atomic E-state index is 0.0994. The average molecular weight is 279 g/mol. The maximum Gasteiger partial charge on any atom is 0.303 e. The summed E-state index contributed by atoms with van der Waals surface area (Å²) in [6.45, 7) is 2.72. The number of carboxylic acids is 1. The van der Waals surface area contributed by atoms with Gasteiger partial charge >= 0.3 is 5.97 Å². The minimum atomic E-state index is -0.826. The third kappa shape index (κ3) is 6.78. The van der Waals surface area contributed by atoms with Gasteiger partial charge < -0.3 is 15.2 Å². The molecule has 0 heterocycles. The predicted molar refractivity (Wildman–Crippen MR) is 77.0 cm³/mol. The molecule has 0 saturated heterocycles. The van der Waals surface area contributed by atoms with Gasteiger partial charge in [0.25, 0.3) is 0 Å². The van der Waals surface area contributed by atoms with Gasteiger partial charge in [0, 0.05) is 18.5 Å². The van der Waals surface area contributed by atoms with Gasteiger partial charge in [-0.25, -0.2) is 0 Å². The summed E-state index contributed by atoms with van der Waals surface area (Å²) < 4.78 is 5.45. The molecule has 1 amide bonds. The lowest BCUT2D eigenvalue weighted by Crippen LogP contribution is -2.11. The number of anilines is 1. The molecular weight excluding hydrogens is 258 g/mol. The molecule has 1 aromatic rings. The van der Waals surface area contributed by atoms with Gasteiger partial charge in [-0.05, 0) is 43.5 Å². The van der Waals surface area contributed by atoms with E-state index < -0.39 is 5.97 Å². The Hall–Kier alpha value is -2.04. The van der Waals surface area contributed by atoms with Crippen molar-refractivity contribution < 1.29 is 19.4 Å². The van der Waals surface area contributed by atoms with Crippen molar-refractivity contribution in [1.82, 2.24) is 0 Å². The molecule has 0 aliphatic heterocycles. The van der Waals surface area contributed by atoms with Crippen LogP contribution in [0.25, 0.3) is 0 Å². The summed E-state index contributed by atoms with van der Waals surface area (Å²) in [5.74, 6) is -0.142. The third-order valence-corrected chi connectivity index (χ3v) is 2.66. The quantitative estimate of drug-likeness (QED) is 0.681. The molecule has 110 valence electrons. The first-order valence-electron chi connectivity index (χ1n) is 6.86. The number of hydrogen-bond acceptors (Lipinski definition) is 3. The van der Waals surface area contributed by atoms with Crippen LogP contribution >= 0.6 is 0 Å². The van der Waals surface area contributed by atoms with Crippen LogP contribution in [-0.2, 0) is 9.59 Å². The Bertz CT molecular complexity index is 428. The molecule has 0 atom stereocenters. The molecule has 0 spiro atoms. The normalized spacial score (nSPS) is 10.1. The second kappa shape index (κ2) is 8.96. The van der Waals surface area contributed by atoms with Crippen molar-refractivity contribution in [3.8, 4) is 5.75 Å². The predicted octanol–water partition coefficient (Wildman–Crippen LogP) is 3.06. The van der Waals surface area contributed by atoms with Crippen LogP contribution in [0.15, 0.2) is 24.3 Å². The third-order valence-electron chi connectivity index (χ3n) is 2.66. The van der Waals surface area contributed by atoms with Gasteiger partial charge in [0.15, 0.2) is 0 Å². The molecule has 0 fully saturated rings. The van der Waals surface area contributed by atoms with Gasteiger partial charge in [-0.2, -0.15) is 0 Å². The van der Waals surface area contributed by atoms with Crippen molar-refractivity contribution in [2.24, 2.45) is 0 Å². The van der Waals surface area contributed by atoms with Gasteiger partial charge in [-0.1, -0.05) is 6.92 Å². The summed E-state index contributed by atoms with van der Waals surface area (Å²) in [6.07, 6.45) is 2.50. The van der Waals surface area contributed by atoms with Crippen LogP contribution in [0.5, 0.6) is 5.75 Å². The average Bonchev–Trinajstić information content (AvgIpc) is 2.43. The number of unbranched alkanes of at least 4 members (excludes halogenated alkanes) is 1. The van der Waals surface area contributed by atoms with Gasteiger partial charge in [-0.3, -0.25) is 9.59 Å². The van der Waals surface area contributed by atoms with Gasteiger partial charge in [-0.15, -0.1) is 0 Å². The van der Waals surface area contributed by atoms with Gasteiger partial charge in [0.2, 0.25) is 5.91 Å². The molecule has 0 saturated carbocycles. The first-order chi connectivity index (χ1) is 9.61. The maximum absolute atomic E-state index is 11.6. The smallest absolute Gasteiger partial charge is 0.303 e. The number of amides is 1. The van der Waals surface area contributed by atoms with Crippen LogP contribution in [0.4, 0.5) is 5.69 Å². The summed E-state index contributed by atoms with van der Waals surface area (Å²) in [4.78, 5) is 22.0. The number of carbonyl (C=O) groups is 2. The summed E-state index contributed by atoms with van der Waals surface area (Å²) in [5, 5.41) is 11.3. The molecule has 1 rings (SSSR count). The lowest BCUT2D eigenvalue weighted by atomic mass is 10.2. The van der Waals surface area contributed by atoms with E-state index in [1.807, 2.05) is 19.1 Å². The van der Waals surface area contributed by atoms with E-state index in [1.54, 1.807) is 12.1 Å². The highest BCUT2D eigenvalue weighted by molar-refractivity contribution is 5.90. The summed E-state index contributed by atoms with van der Waals surface area (Å²) in [5.41, 5.74) is 0.720. The fourth-order valence-electron chi connectivity index (χ4n) is 1.64. The van der Waals surface area contributed by atoms with E-state index in [0.717, 1.165) is 17.9 Å². The molecule has 0 unspecified atom stereocenters. The lowest BCUT2D eigenvalue weighted by molar-refractivity contribution is -0.137. The summed E-state index contributed by atoms with van der Waals surface area (Å²) in [6, 6.07) is 7.21. The minimum Gasteiger partial charge on any atom is -0.494 e. The molecule has 0 aromatic heterocycles. The van der Waals surface area contributed by atoms with Crippen molar-refractivity contribution in [3.05, 3.63) is 24.3 Å². The number of rotatable bonds is 9. The standard InChI is InChI=1S/C15H21NO4/c1-2-11-20-13-9-7-12(8-10-13)16-14(17)5-3-4-6-15(18)19/h7-10H,2-6,11H2,1H3,(H,16,17)(H,18,19). The zero-order chi connectivity index (χ0) is 14.8. The van der Waals surface area contributed by atoms with Gasteiger partial charge in [0.1, 0.15) is 5.75 Å². The van der Waals surface area contributed by atoms with Crippen molar-refractivity contribution >= 4 is 17.6 Å². The van der Waals surface area contributed by atoms with Crippen LogP contribution in [0.1, 0.15) is 39.0 Å². The van der Waals surface area contributed by atoms with E-state index in [4.69, 9.17) is 9.84 Å². The van der Waals surface area contributed by atoms with E-state index in [0.29, 0.717) is 25.9 Å². The monoisotopic (exact) mass is 279 g/mol. The highest BCUT2D eigenvalue weighted by Gasteiger charge is 2.04. The summed E-state index contributed by atoms with van der Waals surface area (Å²) in [7, 11) is 0. The largest absolute Gasteiger partial charge is 0.494 e. The Balaban J connectivity index is 2.29. The van der Waals surface area contributed by atoms with E-state index in [9.17, 15) is 9.59 Å². The van der Waals surface area contributed by atoms with Crippen molar-refractivity contribution in [2.45, 2.75) is 39.0 Å². The number of carbonyl (C=O) groups excluding carboxylic acids is 1. The maximum atomic E-state index is 11.6. The Labute approximate surface area is 118 Å². The molecule has 0 bridgehead atoms. The van der Waals surface area contributed by atoms with Crippen LogP contribution in [0.2, 0.25) is 0 Å². The van der Waals surface area contributed by atoms with Crippen LogP contribution < -0.4 is 10.1 Å². The molecule has 2 N–H and O–H groups in total. The Morgan fingerprint density at radius 2 is 1.80 bits per heavy atom. The summed E-state index contributed by atoms with van der Waals surface area (Å²) >= 11 is 0. The fourth-order valence-corrected chi connectivity index (χ4v) is 1.64. The molecular formula is C15H21NO4. The van der Waals surface area contributed by atoms with E-state index in [1.165, 1.54) is 0 Å². The number of aliphatic carboxylic acids is 1. The number of ether oxygens (including phenoxy) is 1. The van der Waals surface area contributed by atoms with Crippen molar-refractivity contribution in [3.63, 3.8) is 0 Å². The molecule has 0 radical (unpaired) electrons. The second-order valence-corrected chi connectivity index (χ2v) is 4.52. The highest BCUT2D eigenvalue weighted by Crippen LogP contribution is 2.16. The fraction of sp³-hybridized carbons (Fsp3) is 0.467. The number of nitrogens with one attached hydrogen (secondary N) is 1. The Kier molecular flexibility index (Phi) is 7.17. The molecule has 0 aliphatic rings. The molecule has 1 aromatic carbocycles. The van der Waals surface area contributed by atoms with Crippen molar-refractivity contribution in [1.29, 1.82) is 0 Å².